The summed E-state index contributed by atoms with van der Waals surface area (Å²) < 4.78 is 5.72. The van der Waals surface area contributed by atoms with Crippen LogP contribution in [-0.2, 0) is 0 Å². The van der Waals surface area contributed by atoms with E-state index in [1.165, 1.54) is 0 Å². The molecule has 40 heavy (non-hydrogen) atoms. The Morgan fingerprint density at radius 3 is 2.17 bits per heavy atom. The van der Waals surface area contributed by atoms with Gasteiger partial charge >= 0.3 is 5.97 Å². The largest absolute Gasteiger partial charge is 0.494 e. The first-order valence-corrected chi connectivity index (χ1v) is 13.3. The Kier molecular flexibility index (Phi) is 6.93. The maximum atomic E-state index is 11.4. The predicted octanol–water partition coefficient (Wildman–Crippen LogP) is 7.14. The van der Waals surface area contributed by atoms with Crippen LogP contribution in [0.3, 0.4) is 0 Å². The summed E-state index contributed by atoms with van der Waals surface area (Å²) in [7, 11) is 0. The molecule has 0 saturated carbocycles. The fourth-order valence-corrected chi connectivity index (χ4v) is 4.94. The fourth-order valence-electron chi connectivity index (χ4n) is 4.94. The van der Waals surface area contributed by atoms with Crippen LogP contribution >= 0.6 is 0 Å². The number of hydrazone groups is 1. The van der Waals surface area contributed by atoms with Crippen molar-refractivity contribution in [1.82, 2.24) is 9.97 Å². The number of nitrogens with zero attached hydrogens (tertiary/aromatic N) is 4. The Bertz CT molecular complexity index is 1680. The van der Waals surface area contributed by atoms with E-state index in [2.05, 4.69) is 53.3 Å². The number of ether oxygens (including phenoxy) is 1. The van der Waals surface area contributed by atoms with E-state index < -0.39 is 5.97 Å². The molecule has 7 heteroatoms. The maximum Gasteiger partial charge on any atom is 0.335 e. The first-order valence-electron chi connectivity index (χ1n) is 13.3. The molecule has 0 amide bonds. The second-order valence-electron chi connectivity index (χ2n) is 9.72. The topological polar surface area (TPSA) is 87.9 Å². The minimum absolute atomic E-state index is 0.0536. The van der Waals surface area contributed by atoms with Gasteiger partial charge in [0.05, 0.1) is 40.6 Å². The lowest BCUT2D eigenvalue weighted by atomic mass is 9.96. The average Bonchev–Trinajstić information content (AvgIpc) is 3.46. The number of hydrogen-bond donors (Lipinski definition) is 1. The summed E-state index contributed by atoms with van der Waals surface area (Å²) >= 11 is 0. The van der Waals surface area contributed by atoms with Crippen LogP contribution in [0.1, 0.15) is 47.3 Å². The molecule has 1 atom stereocenters. The van der Waals surface area contributed by atoms with Gasteiger partial charge in [0.15, 0.2) is 0 Å². The van der Waals surface area contributed by atoms with E-state index in [4.69, 9.17) is 9.84 Å². The minimum Gasteiger partial charge on any atom is -0.494 e. The van der Waals surface area contributed by atoms with Crippen molar-refractivity contribution in [3.63, 3.8) is 0 Å². The first-order chi connectivity index (χ1) is 19.6. The summed E-state index contributed by atoms with van der Waals surface area (Å²) in [6, 6.07) is 29.5. The molecule has 0 bridgehead atoms. The third-order valence-electron chi connectivity index (χ3n) is 7.05. The highest BCUT2D eigenvalue weighted by molar-refractivity contribution is 6.05. The number of aromatic carboxylic acids is 1. The van der Waals surface area contributed by atoms with Crippen molar-refractivity contribution in [2.45, 2.75) is 25.8 Å². The molecule has 0 radical (unpaired) electrons. The van der Waals surface area contributed by atoms with E-state index in [0.29, 0.717) is 13.0 Å². The van der Waals surface area contributed by atoms with Gasteiger partial charge in [-0.1, -0.05) is 49.4 Å². The van der Waals surface area contributed by atoms with Gasteiger partial charge < -0.3 is 9.84 Å². The number of carbonyl (C=O) groups is 1. The van der Waals surface area contributed by atoms with E-state index >= 15 is 0 Å². The van der Waals surface area contributed by atoms with E-state index in [1.807, 2.05) is 47.5 Å². The third-order valence-corrected chi connectivity index (χ3v) is 7.05. The van der Waals surface area contributed by atoms with Gasteiger partial charge in [0.25, 0.3) is 0 Å². The molecule has 1 unspecified atom stereocenters. The molecule has 198 valence electrons. The van der Waals surface area contributed by atoms with E-state index in [0.717, 1.165) is 56.9 Å². The summed E-state index contributed by atoms with van der Waals surface area (Å²) in [5.41, 5.74) is 8.02. The Hall–Kier alpha value is -5.04. The third kappa shape index (κ3) is 5.14. The normalized spacial score (nSPS) is 14.8. The van der Waals surface area contributed by atoms with Crippen LogP contribution < -0.4 is 9.75 Å². The van der Waals surface area contributed by atoms with Crippen LogP contribution in [0.15, 0.2) is 108 Å². The average molecular weight is 529 g/mol. The molecule has 0 spiro atoms. The zero-order chi connectivity index (χ0) is 27.5. The Morgan fingerprint density at radius 2 is 1.50 bits per heavy atom. The molecule has 0 fully saturated rings. The lowest BCUT2D eigenvalue weighted by Crippen LogP contribution is -2.18. The molecule has 5 aromatic rings. The SMILES string of the molecule is CCCOc1ccc(-c2ccc(C3CC(c4ccc5nccnc5c4)=NN3c3ccc(C(=O)O)cc3)cc2)cc1. The van der Waals surface area contributed by atoms with Gasteiger partial charge in [0.1, 0.15) is 5.75 Å². The summed E-state index contributed by atoms with van der Waals surface area (Å²) in [5, 5.41) is 16.4. The van der Waals surface area contributed by atoms with Crippen molar-refractivity contribution in [1.29, 1.82) is 0 Å². The molecule has 1 aromatic heterocycles. The predicted molar refractivity (Wildman–Crippen MR) is 157 cm³/mol. The highest BCUT2D eigenvalue weighted by atomic mass is 16.5. The fraction of sp³-hybridized carbons (Fsp3) is 0.152. The molecule has 0 saturated heterocycles. The zero-order valence-corrected chi connectivity index (χ0v) is 22.1. The van der Waals surface area contributed by atoms with E-state index in [9.17, 15) is 9.90 Å². The Morgan fingerprint density at radius 1 is 0.850 bits per heavy atom. The van der Waals surface area contributed by atoms with Crippen molar-refractivity contribution >= 4 is 28.4 Å². The number of carboxylic acids is 1. The van der Waals surface area contributed by atoms with Crippen LogP contribution in [0.25, 0.3) is 22.2 Å². The summed E-state index contributed by atoms with van der Waals surface area (Å²) in [6.45, 7) is 2.80. The highest BCUT2D eigenvalue weighted by Crippen LogP contribution is 2.38. The molecule has 1 N–H and O–H groups in total. The standard InChI is InChI=1S/C33H28N4O3/c1-2-19-40-28-14-9-23(10-15-28)22-3-5-24(6-4-22)32-21-30(26-11-16-29-31(20-26)35-18-17-34-29)36-37(32)27-12-7-25(8-13-27)33(38)39/h3-18,20,32H,2,19,21H2,1H3,(H,38,39). The summed E-state index contributed by atoms with van der Waals surface area (Å²) in [6.07, 6.45) is 5.04. The number of benzene rings is 4. The molecule has 2 heterocycles. The zero-order valence-electron chi connectivity index (χ0n) is 22.1. The summed E-state index contributed by atoms with van der Waals surface area (Å²) in [4.78, 5) is 20.3. The molecule has 4 aromatic carbocycles. The van der Waals surface area contributed by atoms with Crippen LogP contribution in [0, 0.1) is 0 Å². The lowest BCUT2D eigenvalue weighted by Gasteiger charge is -2.24. The molecule has 1 aliphatic rings. The molecule has 1 aliphatic heterocycles. The number of rotatable bonds is 8. The van der Waals surface area contributed by atoms with Gasteiger partial charge in [0, 0.05) is 24.4 Å². The lowest BCUT2D eigenvalue weighted by molar-refractivity contribution is 0.0697. The smallest absolute Gasteiger partial charge is 0.335 e. The minimum atomic E-state index is -0.952. The van der Waals surface area contributed by atoms with Crippen LogP contribution in [0.5, 0.6) is 5.75 Å². The first kappa shape index (κ1) is 25.2. The van der Waals surface area contributed by atoms with Crippen LogP contribution in [0.2, 0.25) is 0 Å². The molecular formula is C33H28N4O3. The van der Waals surface area contributed by atoms with Crippen molar-refractivity contribution < 1.29 is 14.6 Å². The number of hydrogen-bond acceptors (Lipinski definition) is 6. The van der Waals surface area contributed by atoms with Crippen molar-refractivity contribution in [3.8, 4) is 16.9 Å². The Balaban J connectivity index is 1.31. The van der Waals surface area contributed by atoms with Gasteiger partial charge in [-0.25, -0.2) is 4.79 Å². The van der Waals surface area contributed by atoms with E-state index in [1.54, 1.807) is 24.5 Å². The van der Waals surface area contributed by atoms with Gasteiger partial charge in [-0.15, -0.1) is 0 Å². The maximum absolute atomic E-state index is 11.4. The van der Waals surface area contributed by atoms with Crippen molar-refractivity contribution in [2.24, 2.45) is 5.10 Å². The second-order valence-corrected chi connectivity index (χ2v) is 9.72. The van der Waals surface area contributed by atoms with E-state index in [-0.39, 0.29) is 11.6 Å². The van der Waals surface area contributed by atoms with Gasteiger partial charge in [-0.05, 0) is 71.6 Å². The van der Waals surface area contributed by atoms with Crippen LogP contribution in [0.4, 0.5) is 5.69 Å². The number of aromatic nitrogens is 2. The molecule has 7 nitrogen and oxygen atoms in total. The summed E-state index contributed by atoms with van der Waals surface area (Å²) in [5.74, 6) is -0.0754. The number of anilines is 1. The Labute approximate surface area is 232 Å². The van der Waals surface area contributed by atoms with Gasteiger partial charge in [0.2, 0.25) is 0 Å². The van der Waals surface area contributed by atoms with Crippen molar-refractivity contribution in [3.05, 3.63) is 120 Å². The number of fused-ring (bicyclic) bond motifs is 1. The van der Waals surface area contributed by atoms with Gasteiger partial charge in [-0.2, -0.15) is 5.10 Å². The van der Waals surface area contributed by atoms with Crippen LogP contribution in [-0.4, -0.2) is 33.4 Å². The van der Waals surface area contributed by atoms with Crippen molar-refractivity contribution in [2.75, 3.05) is 11.6 Å². The highest BCUT2D eigenvalue weighted by Gasteiger charge is 2.30. The number of carboxylic acid groups (broad SMARTS) is 1. The monoisotopic (exact) mass is 528 g/mol. The second kappa shape index (κ2) is 11.0. The molecule has 6 rings (SSSR count). The van der Waals surface area contributed by atoms with Gasteiger partial charge in [-0.3, -0.25) is 15.0 Å². The molecule has 0 aliphatic carbocycles. The quantitative estimate of drug-likeness (QED) is 0.230. The molecular weight excluding hydrogens is 500 g/mol.